The van der Waals surface area contributed by atoms with Gasteiger partial charge in [0.25, 0.3) is 0 Å². The second-order valence-electron chi connectivity index (χ2n) is 4.34. The molecule has 0 N–H and O–H groups in total. The summed E-state index contributed by atoms with van der Waals surface area (Å²) in [6, 6.07) is 9.78. The predicted octanol–water partition coefficient (Wildman–Crippen LogP) is 3.94. The van der Waals surface area contributed by atoms with E-state index < -0.39 is 0 Å². The minimum Gasteiger partial charge on any atom is -0.485 e. The van der Waals surface area contributed by atoms with E-state index >= 15 is 0 Å². The normalized spacial score (nSPS) is 10.4. The van der Waals surface area contributed by atoms with Crippen LogP contribution in [0.3, 0.4) is 0 Å². The quantitative estimate of drug-likeness (QED) is 0.778. The van der Waals surface area contributed by atoms with Crippen molar-refractivity contribution in [2.45, 2.75) is 20.8 Å². The Morgan fingerprint density at radius 1 is 1.11 bits per heavy atom. The van der Waals surface area contributed by atoms with E-state index in [2.05, 4.69) is 0 Å². The van der Waals surface area contributed by atoms with Gasteiger partial charge in [-0.25, -0.2) is 0 Å². The van der Waals surface area contributed by atoms with Crippen molar-refractivity contribution >= 4 is 17.1 Å². The second-order valence-corrected chi connectivity index (χ2v) is 5.63. The van der Waals surface area contributed by atoms with Crippen molar-refractivity contribution in [3.63, 3.8) is 0 Å². The first-order valence-electron chi connectivity index (χ1n) is 5.86. The maximum absolute atomic E-state index is 11.9. The predicted molar refractivity (Wildman–Crippen MR) is 74.8 cm³/mol. The maximum atomic E-state index is 11.9. The van der Waals surface area contributed by atoms with Crippen LogP contribution in [-0.2, 0) is 0 Å². The van der Waals surface area contributed by atoms with E-state index in [0.29, 0.717) is 0 Å². The lowest BCUT2D eigenvalue weighted by Gasteiger charge is -2.10. The molecule has 0 spiro atoms. The smallest absolute Gasteiger partial charge is 0.210 e. The summed E-state index contributed by atoms with van der Waals surface area (Å²) in [7, 11) is 0. The van der Waals surface area contributed by atoms with E-state index in [1.54, 1.807) is 0 Å². The number of hydrogen-bond donors (Lipinski definition) is 0. The summed E-state index contributed by atoms with van der Waals surface area (Å²) in [5.74, 6) is 0.856. The highest BCUT2D eigenvalue weighted by atomic mass is 32.1. The molecule has 18 heavy (non-hydrogen) atoms. The SMILES string of the molecule is Cc1ccc(C(=O)COc2c(C)cccc2C)s1. The molecule has 94 valence electrons. The Hall–Kier alpha value is -1.61. The zero-order valence-corrected chi connectivity index (χ0v) is 11.6. The van der Waals surface area contributed by atoms with E-state index in [-0.39, 0.29) is 12.4 Å². The van der Waals surface area contributed by atoms with Crippen LogP contribution in [0.5, 0.6) is 5.75 Å². The van der Waals surface area contributed by atoms with Crippen LogP contribution in [0.15, 0.2) is 30.3 Å². The summed E-state index contributed by atoms with van der Waals surface area (Å²) in [6.45, 7) is 6.07. The van der Waals surface area contributed by atoms with Gasteiger partial charge < -0.3 is 4.74 Å². The third kappa shape index (κ3) is 2.79. The molecule has 0 unspecified atom stereocenters. The summed E-state index contributed by atoms with van der Waals surface area (Å²) >= 11 is 1.51. The molecular formula is C15H16O2S. The number of rotatable bonds is 4. The third-order valence-electron chi connectivity index (χ3n) is 2.77. The van der Waals surface area contributed by atoms with Crippen LogP contribution in [0.4, 0.5) is 0 Å². The van der Waals surface area contributed by atoms with Crippen molar-refractivity contribution in [1.82, 2.24) is 0 Å². The Bertz CT molecular complexity index is 549. The zero-order valence-electron chi connectivity index (χ0n) is 10.8. The van der Waals surface area contributed by atoms with Crippen molar-refractivity contribution in [1.29, 1.82) is 0 Å². The highest BCUT2D eigenvalue weighted by molar-refractivity contribution is 7.14. The largest absolute Gasteiger partial charge is 0.485 e. The van der Waals surface area contributed by atoms with Gasteiger partial charge in [0.1, 0.15) is 5.75 Å². The van der Waals surface area contributed by atoms with E-state index in [1.807, 2.05) is 51.1 Å². The molecule has 0 amide bonds. The first-order chi connectivity index (χ1) is 8.58. The van der Waals surface area contributed by atoms with Crippen LogP contribution in [0.25, 0.3) is 0 Å². The van der Waals surface area contributed by atoms with Crippen LogP contribution in [0.2, 0.25) is 0 Å². The average molecular weight is 260 g/mol. The molecule has 1 aromatic heterocycles. The van der Waals surface area contributed by atoms with Crippen molar-refractivity contribution in [3.05, 3.63) is 51.2 Å². The van der Waals surface area contributed by atoms with Crippen LogP contribution in [0, 0.1) is 20.8 Å². The van der Waals surface area contributed by atoms with Gasteiger partial charge in [0.05, 0.1) is 4.88 Å². The van der Waals surface area contributed by atoms with Gasteiger partial charge in [-0.2, -0.15) is 0 Å². The van der Waals surface area contributed by atoms with Gasteiger partial charge in [0.15, 0.2) is 6.61 Å². The molecule has 0 fully saturated rings. The maximum Gasteiger partial charge on any atom is 0.210 e. The number of ketones is 1. The molecule has 2 nitrogen and oxygen atoms in total. The zero-order chi connectivity index (χ0) is 13.1. The number of para-hydroxylation sites is 1. The minimum atomic E-state index is 0.0377. The van der Waals surface area contributed by atoms with E-state index in [4.69, 9.17) is 4.74 Å². The molecule has 0 atom stereocenters. The molecule has 1 heterocycles. The molecule has 2 aromatic rings. The number of carbonyl (C=O) groups excluding carboxylic acids is 1. The van der Waals surface area contributed by atoms with Gasteiger partial charge in [-0.1, -0.05) is 18.2 Å². The second kappa shape index (κ2) is 5.36. The molecule has 1 aromatic carbocycles. The van der Waals surface area contributed by atoms with Crippen molar-refractivity contribution in [2.75, 3.05) is 6.61 Å². The fourth-order valence-corrected chi connectivity index (χ4v) is 2.61. The number of thiophene rings is 1. The number of hydrogen-bond acceptors (Lipinski definition) is 3. The van der Waals surface area contributed by atoms with Crippen molar-refractivity contribution in [3.8, 4) is 5.75 Å². The lowest BCUT2D eigenvalue weighted by Crippen LogP contribution is -2.11. The summed E-state index contributed by atoms with van der Waals surface area (Å²) in [5.41, 5.74) is 2.12. The Morgan fingerprint density at radius 3 is 2.33 bits per heavy atom. The molecule has 0 aliphatic rings. The summed E-state index contributed by atoms with van der Waals surface area (Å²) < 4.78 is 5.65. The third-order valence-corrected chi connectivity index (χ3v) is 3.81. The monoisotopic (exact) mass is 260 g/mol. The highest BCUT2D eigenvalue weighted by Gasteiger charge is 2.11. The Labute approximate surface area is 111 Å². The van der Waals surface area contributed by atoms with Gasteiger partial charge in [-0.3, -0.25) is 4.79 Å². The van der Waals surface area contributed by atoms with E-state index in [1.165, 1.54) is 11.3 Å². The number of Topliss-reactive ketones (excluding diaryl/α,β-unsaturated/α-hetero) is 1. The van der Waals surface area contributed by atoms with Crippen LogP contribution in [-0.4, -0.2) is 12.4 Å². The molecule has 0 aliphatic heterocycles. The van der Waals surface area contributed by atoms with Crippen molar-refractivity contribution in [2.24, 2.45) is 0 Å². The fraction of sp³-hybridized carbons (Fsp3) is 0.267. The number of carbonyl (C=O) groups is 1. The van der Waals surface area contributed by atoms with Gasteiger partial charge in [0.2, 0.25) is 5.78 Å². The van der Waals surface area contributed by atoms with E-state index in [0.717, 1.165) is 26.6 Å². The molecule has 2 rings (SSSR count). The standard InChI is InChI=1S/C15H16O2S/c1-10-5-4-6-11(2)15(10)17-9-13(16)14-8-7-12(3)18-14/h4-8H,9H2,1-3H3. The molecule has 0 saturated heterocycles. The summed E-state index contributed by atoms with van der Waals surface area (Å²) in [5, 5.41) is 0. The number of benzene rings is 1. The molecule has 0 bridgehead atoms. The van der Waals surface area contributed by atoms with Crippen molar-refractivity contribution < 1.29 is 9.53 Å². The Balaban J connectivity index is 2.06. The molecular weight excluding hydrogens is 244 g/mol. The lowest BCUT2D eigenvalue weighted by molar-refractivity contribution is 0.0925. The molecule has 3 heteroatoms. The van der Waals surface area contributed by atoms with Crippen LogP contribution in [0.1, 0.15) is 25.7 Å². The first kappa shape index (κ1) is 12.8. The number of aryl methyl sites for hydroxylation is 3. The summed E-state index contributed by atoms with van der Waals surface area (Å²) in [4.78, 5) is 13.8. The topological polar surface area (TPSA) is 26.3 Å². The van der Waals surface area contributed by atoms with Crippen LogP contribution >= 0.6 is 11.3 Å². The molecule has 0 radical (unpaired) electrons. The van der Waals surface area contributed by atoms with Gasteiger partial charge in [-0.05, 0) is 44.0 Å². The molecule has 0 saturated carbocycles. The fourth-order valence-electron chi connectivity index (χ4n) is 1.82. The van der Waals surface area contributed by atoms with Gasteiger partial charge in [-0.15, -0.1) is 11.3 Å². The lowest BCUT2D eigenvalue weighted by atomic mass is 10.1. The minimum absolute atomic E-state index is 0.0377. The first-order valence-corrected chi connectivity index (χ1v) is 6.68. The number of ether oxygens (including phenoxy) is 1. The van der Waals surface area contributed by atoms with E-state index in [9.17, 15) is 4.79 Å². The van der Waals surface area contributed by atoms with Crippen LogP contribution < -0.4 is 4.74 Å². The molecule has 0 aliphatic carbocycles. The average Bonchev–Trinajstić information content (AvgIpc) is 2.75. The Morgan fingerprint density at radius 2 is 1.78 bits per heavy atom. The summed E-state index contributed by atoms with van der Waals surface area (Å²) in [6.07, 6.45) is 0. The Kier molecular flexibility index (Phi) is 3.82. The van der Waals surface area contributed by atoms with Gasteiger partial charge >= 0.3 is 0 Å². The highest BCUT2D eigenvalue weighted by Crippen LogP contribution is 2.23. The van der Waals surface area contributed by atoms with Gasteiger partial charge in [0, 0.05) is 4.88 Å².